The number of nitrogens with two attached hydrogens (primary N) is 1. The van der Waals surface area contributed by atoms with Crippen molar-refractivity contribution in [2.24, 2.45) is 11.7 Å². The number of hydrogen-bond donors (Lipinski definition) is 1. The molecule has 1 aliphatic heterocycles. The van der Waals surface area contributed by atoms with E-state index in [2.05, 4.69) is 0 Å². The topological polar surface area (TPSA) is 62.9 Å². The maximum atomic E-state index is 6.40. The second-order valence-electron chi connectivity index (χ2n) is 4.93. The van der Waals surface area contributed by atoms with Crippen LogP contribution in [0.5, 0.6) is 17.2 Å². The van der Waals surface area contributed by atoms with Gasteiger partial charge in [0.1, 0.15) is 0 Å². The zero-order chi connectivity index (χ0) is 14.5. The minimum atomic E-state index is -0.0485. The van der Waals surface area contributed by atoms with Gasteiger partial charge in [-0.05, 0) is 36.5 Å². The van der Waals surface area contributed by atoms with Crippen molar-refractivity contribution in [1.82, 2.24) is 0 Å². The van der Waals surface area contributed by atoms with Gasteiger partial charge < -0.3 is 24.7 Å². The molecule has 0 spiro atoms. The van der Waals surface area contributed by atoms with Crippen molar-refractivity contribution in [3.8, 4) is 17.2 Å². The second-order valence-corrected chi connectivity index (χ2v) is 4.93. The van der Waals surface area contributed by atoms with E-state index in [0.29, 0.717) is 23.2 Å². The van der Waals surface area contributed by atoms with E-state index in [1.54, 1.807) is 21.3 Å². The number of methoxy groups -OCH3 is 3. The molecule has 5 nitrogen and oxygen atoms in total. The molecule has 1 fully saturated rings. The van der Waals surface area contributed by atoms with Crippen molar-refractivity contribution in [1.29, 1.82) is 0 Å². The van der Waals surface area contributed by atoms with E-state index in [-0.39, 0.29) is 6.04 Å². The predicted molar refractivity (Wildman–Crippen MR) is 76.6 cm³/mol. The Morgan fingerprint density at radius 1 is 1.05 bits per heavy atom. The number of rotatable bonds is 5. The van der Waals surface area contributed by atoms with Crippen molar-refractivity contribution in [3.63, 3.8) is 0 Å². The molecule has 1 aromatic rings. The molecule has 1 saturated heterocycles. The average Bonchev–Trinajstić information content (AvgIpc) is 2.53. The van der Waals surface area contributed by atoms with E-state index in [4.69, 9.17) is 24.7 Å². The van der Waals surface area contributed by atoms with Gasteiger partial charge in [0, 0.05) is 19.3 Å². The Bertz CT molecular complexity index is 418. The summed E-state index contributed by atoms with van der Waals surface area (Å²) < 4.78 is 21.5. The average molecular weight is 281 g/mol. The molecule has 5 heteroatoms. The van der Waals surface area contributed by atoms with Crippen LogP contribution in [0.3, 0.4) is 0 Å². The van der Waals surface area contributed by atoms with E-state index >= 15 is 0 Å². The Labute approximate surface area is 120 Å². The molecule has 20 heavy (non-hydrogen) atoms. The summed E-state index contributed by atoms with van der Waals surface area (Å²) in [6.45, 7) is 1.56. The third-order valence-corrected chi connectivity index (χ3v) is 3.85. The molecular weight excluding hydrogens is 258 g/mol. The van der Waals surface area contributed by atoms with Gasteiger partial charge in [0.15, 0.2) is 11.5 Å². The van der Waals surface area contributed by atoms with Gasteiger partial charge in [-0.25, -0.2) is 0 Å². The fourth-order valence-corrected chi connectivity index (χ4v) is 2.64. The predicted octanol–water partition coefficient (Wildman–Crippen LogP) is 2.14. The summed E-state index contributed by atoms with van der Waals surface area (Å²) in [7, 11) is 4.82. The summed E-state index contributed by atoms with van der Waals surface area (Å²) in [6, 6.07) is 3.82. The van der Waals surface area contributed by atoms with Crippen molar-refractivity contribution in [2.75, 3.05) is 34.5 Å². The highest BCUT2D eigenvalue weighted by molar-refractivity contribution is 5.54. The van der Waals surface area contributed by atoms with E-state index in [0.717, 1.165) is 31.6 Å². The first-order valence-corrected chi connectivity index (χ1v) is 6.84. The maximum Gasteiger partial charge on any atom is 0.203 e. The van der Waals surface area contributed by atoms with Gasteiger partial charge in [-0.1, -0.05) is 0 Å². The van der Waals surface area contributed by atoms with E-state index < -0.39 is 0 Å². The van der Waals surface area contributed by atoms with Crippen LogP contribution in [0.15, 0.2) is 12.1 Å². The van der Waals surface area contributed by atoms with Crippen LogP contribution in [-0.4, -0.2) is 34.5 Å². The lowest BCUT2D eigenvalue weighted by Gasteiger charge is -2.28. The molecule has 1 aromatic carbocycles. The minimum Gasteiger partial charge on any atom is -0.493 e. The van der Waals surface area contributed by atoms with Crippen LogP contribution in [0, 0.1) is 5.92 Å². The molecule has 0 aromatic heterocycles. The molecule has 1 heterocycles. The molecule has 1 aliphatic rings. The van der Waals surface area contributed by atoms with Crippen LogP contribution >= 0.6 is 0 Å². The molecule has 1 atom stereocenters. The largest absolute Gasteiger partial charge is 0.493 e. The zero-order valence-corrected chi connectivity index (χ0v) is 12.3. The molecule has 112 valence electrons. The van der Waals surface area contributed by atoms with E-state index in [1.165, 1.54) is 0 Å². The Kier molecular flexibility index (Phi) is 5.09. The van der Waals surface area contributed by atoms with Crippen LogP contribution in [0.4, 0.5) is 0 Å². The summed E-state index contributed by atoms with van der Waals surface area (Å²) in [6.07, 6.45) is 1.97. The SMILES string of the molecule is COc1cc([C@H](N)C2CCOCC2)cc(OC)c1OC. The van der Waals surface area contributed by atoms with Gasteiger partial charge in [0.2, 0.25) is 5.75 Å². The molecule has 2 rings (SSSR count). The van der Waals surface area contributed by atoms with Gasteiger partial charge >= 0.3 is 0 Å². The van der Waals surface area contributed by atoms with Crippen LogP contribution in [0.25, 0.3) is 0 Å². The lowest BCUT2D eigenvalue weighted by molar-refractivity contribution is 0.0583. The van der Waals surface area contributed by atoms with Crippen molar-refractivity contribution in [3.05, 3.63) is 17.7 Å². The first-order valence-electron chi connectivity index (χ1n) is 6.84. The third kappa shape index (κ3) is 2.99. The van der Waals surface area contributed by atoms with Gasteiger partial charge in [-0.15, -0.1) is 0 Å². The van der Waals surface area contributed by atoms with E-state index in [1.807, 2.05) is 12.1 Å². The maximum absolute atomic E-state index is 6.40. The normalized spacial score (nSPS) is 17.6. The monoisotopic (exact) mass is 281 g/mol. The smallest absolute Gasteiger partial charge is 0.203 e. The standard InChI is InChI=1S/C15H23NO4/c1-17-12-8-11(9-13(18-2)15(12)19-3)14(16)10-4-6-20-7-5-10/h8-10,14H,4-7,16H2,1-3H3/t14-/m1/s1. The van der Waals surface area contributed by atoms with E-state index in [9.17, 15) is 0 Å². The Balaban J connectivity index is 2.30. The highest BCUT2D eigenvalue weighted by atomic mass is 16.5. The van der Waals surface area contributed by atoms with Crippen LogP contribution < -0.4 is 19.9 Å². The number of ether oxygens (including phenoxy) is 4. The van der Waals surface area contributed by atoms with Gasteiger partial charge in [-0.2, -0.15) is 0 Å². The summed E-state index contributed by atoms with van der Waals surface area (Å²) in [5.74, 6) is 2.30. The Hall–Kier alpha value is -1.46. The molecule has 2 N–H and O–H groups in total. The molecule has 0 unspecified atom stereocenters. The minimum absolute atomic E-state index is 0.0485. The lowest BCUT2D eigenvalue weighted by Crippen LogP contribution is -2.27. The first-order chi connectivity index (χ1) is 9.71. The first kappa shape index (κ1) is 14.9. The summed E-state index contributed by atoms with van der Waals surface area (Å²) >= 11 is 0. The van der Waals surface area contributed by atoms with Crippen LogP contribution in [0.1, 0.15) is 24.4 Å². The zero-order valence-electron chi connectivity index (χ0n) is 12.3. The Morgan fingerprint density at radius 2 is 1.60 bits per heavy atom. The number of benzene rings is 1. The number of hydrogen-bond acceptors (Lipinski definition) is 5. The van der Waals surface area contributed by atoms with Crippen LogP contribution in [-0.2, 0) is 4.74 Å². The molecule has 0 bridgehead atoms. The van der Waals surface area contributed by atoms with Crippen LogP contribution in [0.2, 0.25) is 0 Å². The highest BCUT2D eigenvalue weighted by Gasteiger charge is 2.24. The summed E-state index contributed by atoms with van der Waals surface area (Å²) in [4.78, 5) is 0. The quantitative estimate of drug-likeness (QED) is 0.896. The van der Waals surface area contributed by atoms with Gasteiger partial charge in [0.25, 0.3) is 0 Å². The third-order valence-electron chi connectivity index (χ3n) is 3.85. The van der Waals surface area contributed by atoms with Crippen molar-refractivity contribution < 1.29 is 18.9 Å². The molecule has 0 radical (unpaired) electrons. The van der Waals surface area contributed by atoms with Crippen molar-refractivity contribution in [2.45, 2.75) is 18.9 Å². The summed E-state index contributed by atoms with van der Waals surface area (Å²) in [5.41, 5.74) is 7.41. The van der Waals surface area contributed by atoms with Crippen molar-refractivity contribution >= 4 is 0 Å². The molecule has 0 amide bonds. The fraction of sp³-hybridized carbons (Fsp3) is 0.600. The second kappa shape index (κ2) is 6.81. The highest BCUT2D eigenvalue weighted by Crippen LogP contribution is 2.41. The molecule has 0 saturated carbocycles. The molecule has 0 aliphatic carbocycles. The summed E-state index contributed by atoms with van der Waals surface area (Å²) in [5, 5.41) is 0. The molecular formula is C15H23NO4. The van der Waals surface area contributed by atoms with Gasteiger partial charge in [0.05, 0.1) is 21.3 Å². The Morgan fingerprint density at radius 3 is 2.05 bits per heavy atom. The fourth-order valence-electron chi connectivity index (χ4n) is 2.64. The lowest BCUT2D eigenvalue weighted by atomic mass is 9.87. The van der Waals surface area contributed by atoms with Gasteiger partial charge in [-0.3, -0.25) is 0 Å².